The third-order valence-corrected chi connectivity index (χ3v) is 7.62. The first-order valence-corrected chi connectivity index (χ1v) is 12.1. The van der Waals surface area contributed by atoms with Crippen LogP contribution < -0.4 is 5.46 Å². The van der Waals surface area contributed by atoms with Crippen LogP contribution in [-0.4, -0.2) is 31.7 Å². The largest absolute Gasteiger partial charge is 0.488 e. The summed E-state index contributed by atoms with van der Waals surface area (Å²) >= 11 is 1.71. The van der Waals surface area contributed by atoms with Crippen LogP contribution in [0.25, 0.3) is 59.3 Å². The smallest absolute Gasteiger partial charge is 0.423 e. The first-order chi connectivity index (χ1) is 17.2. The lowest BCUT2D eigenvalue weighted by Crippen LogP contribution is -2.29. The van der Waals surface area contributed by atoms with Gasteiger partial charge in [-0.2, -0.15) is 0 Å². The molecule has 0 radical (unpaired) electrons. The molecule has 7 aromatic rings. The molecule has 3 heterocycles. The molecule has 0 bridgehead atoms. The molecule has 0 spiro atoms. The minimum atomic E-state index is -1.53. The van der Waals surface area contributed by atoms with E-state index in [1.54, 1.807) is 17.4 Å². The molecule has 0 aliphatic heterocycles. The van der Waals surface area contributed by atoms with Gasteiger partial charge in [-0.15, -0.1) is 11.3 Å². The highest BCUT2D eigenvalue weighted by Gasteiger charge is 2.21. The minimum absolute atomic E-state index is 0.450. The van der Waals surface area contributed by atoms with Gasteiger partial charge >= 0.3 is 7.12 Å². The highest BCUT2D eigenvalue weighted by molar-refractivity contribution is 7.26. The molecule has 166 valence electrons. The minimum Gasteiger partial charge on any atom is -0.423 e. The van der Waals surface area contributed by atoms with Gasteiger partial charge in [-0.25, -0.2) is 9.97 Å². The van der Waals surface area contributed by atoms with Gasteiger partial charge in [-0.3, -0.25) is 4.57 Å². The molecule has 0 aliphatic rings. The van der Waals surface area contributed by atoms with Crippen LogP contribution >= 0.6 is 11.3 Å². The van der Waals surface area contributed by atoms with Crippen molar-refractivity contribution < 1.29 is 10.0 Å². The third-order valence-electron chi connectivity index (χ3n) is 6.45. The average Bonchev–Trinajstić information content (AvgIpc) is 3.44. The maximum absolute atomic E-state index is 9.76. The van der Waals surface area contributed by atoms with Crippen LogP contribution in [0.1, 0.15) is 0 Å². The Morgan fingerprint density at radius 2 is 1.40 bits per heavy atom. The van der Waals surface area contributed by atoms with E-state index in [9.17, 15) is 10.0 Å². The summed E-state index contributed by atoms with van der Waals surface area (Å²) in [5, 5.41) is 22.6. The zero-order chi connectivity index (χ0) is 23.5. The summed E-state index contributed by atoms with van der Waals surface area (Å²) in [6, 6.07) is 32.1. The molecule has 0 fully saturated rings. The summed E-state index contributed by atoms with van der Waals surface area (Å²) in [6.07, 6.45) is 0. The van der Waals surface area contributed by atoms with E-state index in [1.807, 2.05) is 66.7 Å². The van der Waals surface area contributed by atoms with Gasteiger partial charge in [0.1, 0.15) is 0 Å². The molecule has 2 N–H and O–H groups in total. The van der Waals surface area contributed by atoms with E-state index in [-0.39, 0.29) is 0 Å². The molecule has 7 heteroatoms. The molecule has 3 aromatic heterocycles. The van der Waals surface area contributed by atoms with E-state index in [0.717, 1.165) is 48.7 Å². The maximum Gasteiger partial charge on any atom is 0.488 e. The lowest BCUT2D eigenvalue weighted by atomic mass is 9.80. The van der Waals surface area contributed by atoms with Crippen molar-refractivity contribution in [3.05, 3.63) is 97.1 Å². The fourth-order valence-electron chi connectivity index (χ4n) is 4.84. The summed E-state index contributed by atoms with van der Waals surface area (Å²) in [7, 11) is -1.53. The molecule has 4 aromatic carbocycles. The monoisotopic (exact) mass is 471 g/mol. The first-order valence-electron chi connectivity index (χ1n) is 11.3. The number of hydrogen-bond donors (Lipinski definition) is 2. The van der Waals surface area contributed by atoms with E-state index >= 15 is 0 Å². The number of fused-ring (bicyclic) bond motifs is 6. The van der Waals surface area contributed by atoms with Crippen molar-refractivity contribution in [2.24, 2.45) is 0 Å². The average molecular weight is 471 g/mol. The van der Waals surface area contributed by atoms with Gasteiger partial charge in [0.2, 0.25) is 5.95 Å². The highest BCUT2D eigenvalue weighted by atomic mass is 32.1. The maximum atomic E-state index is 9.76. The summed E-state index contributed by atoms with van der Waals surface area (Å²) in [6.45, 7) is 0. The van der Waals surface area contributed by atoms with Gasteiger partial charge in [0.15, 0.2) is 0 Å². The van der Waals surface area contributed by atoms with Crippen LogP contribution in [0.2, 0.25) is 0 Å². The Labute approximate surface area is 204 Å². The van der Waals surface area contributed by atoms with Gasteiger partial charge in [-0.05, 0) is 23.7 Å². The Balaban J connectivity index is 1.62. The van der Waals surface area contributed by atoms with E-state index in [1.165, 1.54) is 4.70 Å². The quantitative estimate of drug-likeness (QED) is 0.344. The highest BCUT2D eigenvalue weighted by Crippen LogP contribution is 2.39. The number of benzene rings is 4. The predicted octanol–water partition coefficient (Wildman–Crippen LogP) is 5.29. The fourth-order valence-corrected chi connectivity index (χ4v) is 5.99. The van der Waals surface area contributed by atoms with Crippen LogP contribution in [-0.2, 0) is 0 Å². The van der Waals surface area contributed by atoms with Crippen molar-refractivity contribution in [2.45, 2.75) is 0 Å². The molecule has 35 heavy (non-hydrogen) atoms. The second kappa shape index (κ2) is 7.75. The Morgan fingerprint density at radius 1 is 0.686 bits per heavy atom. The van der Waals surface area contributed by atoms with E-state index in [4.69, 9.17) is 9.97 Å². The molecular formula is C28H18BN3O2S. The van der Waals surface area contributed by atoms with E-state index < -0.39 is 7.12 Å². The zero-order valence-electron chi connectivity index (χ0n) is 18.5. The van der Waals surface area contributed by atoms with Gasteiger partial charge in [0, 0.05) is 26.4 Å². The van der Waals surface area contributed by atoms with Crippen LogP contribution in [0.4, 0.5) is 0 Å². The molecule has 0 saturated heterocycles. The van der Waals surface area contributed by atoms with Gasteiger partial charge in [0.05, 0.1) is 26.9 Å². The Hall–Kier alpha value is -4.04. The van der Waals surface area contributed by atoms with Gasteiger partial charge in [-0.1, -0.05) is 78.9 Å². The summed E-state index contributed by atoms with van der Waals surface area (Å²) in [5.41, 5.74) is 5.20. The zero-order valence-corrected chi connectivity index (χ0v) is 19.3. The summed E-state index contributed by atoms with van der Waals surface area (Å²) in [4.78, 5) is 10.2. The SMILES string of the molecule is OB(O)c1ccc2c(c1)c1ccccc1n2-c1nc(-c2ccccc2)c2sc3ccccc3c2n1. The van der Waals surface area contributed by atoms with Crippen LogP contribution in [0.15, 0.2) is 97.1 Å². The molecule has 5 nitrogen and oxygen atoms in total. The van der Waals surface area contributed by atoms with Gasteiger partial charge in [0.25, 0.3) is 0 Å². The normalized spacial score (nSPS) is 11.7. The number of rotatable bonds is 3. The van der Waals surface area contributed by atoms with Crippen LogP contribution in [0, 0.1) is 0 Å². The number of hydrogen-bond acceptors (Lipinski definition) is 5. The van der Waals surface area contributed by atoms with E-state index in [2.05, 4.69) is 28.8 Å². The topological polar surface area (TPSA) is 71.2 Å². The number of nitrogens with zero attached hydrogens (tertiary/aromatic N) is 3. The second-order valence-corrected chi connectivity index (χ2v) is 9.57. The van der Waals surface area contributed by atoms with E-state index in [0.29, 0.717) is 11.4 Å². The molecular weight excluding hydrogens is 453 g/mol. The third kappa shape index (κ3) is 3.10. The number of para-hydroxylation sites is 1. The first kappa shape index (κ1) is 20.3. The van der Waals surface area contributed by atoms with Crippen LogP contribution in [0.3, 0.4) is 0 Å². The van der Waals surface area contributed by atoms with Crippen molar-refractivity contribution in [3.8, 4) is 17.2 Å². The van der Waals surface area contributed by atoms with Crippen molar-refractivity contribution >= 4 is 66.0 Å². The van der Waals surface area contributed by atoms with Crippen molar-refractivity contribution in [1.82, 2.24) is 14.5 Å². The lowest BCUT2D eigenvalue weighted by molar-refractivity contribution is 0.426. The lowest BCUT2D eigenvalue weighted by Gasteiger charge is -2.10. The molecule has 0 amide bonds. The molecule has 7 rings (SSSR count). The fraction of sp³-hybridized carbons (Fsp3) is 0. The molecule has 0 saturated carbocycles. The Morgan fingerprint density at radius 3 is 2.23 bits per heavy atom. The van der Waals surface area contributed by atoms with Crippen molar-refractivity contribution in [3.63, 3.8) is 0 Å². The summed E-state index contributed by atoms with van der Waals surface area (Å²) in [5.74, 6) is 0.586. The van der Waals surface area contributed by atoms with Gasteiger partial charge < -0.3 is 10.0 Å². The Kier molecular flexibility index (Phi) is 4.50. The number of thiophene rings is 1. The second-order valence-electron chi connectivity index (χ2n) is 8.52. The predicted molar refractivity (Wildman–Crippen MR) is 145 cm³/mol. The molecule has 0 atom stereocenters. The van der Waals surface area contributed by atoms with Crippen LogP contribution in [0.5, 0.6) is 0 Å². The molecule has 0 aliphatic carbocycles. The standard InChI is InChI=1S/C28H18BN3O2S/c33-29(34)18-14-15-23-21(16-18)19-10-4-6-12-22(19)32(23)28-30-25(17-8-2-1-3-9-17)27-26(31-28)20-11-5-7-13-24(20)35-27/h1-16,33-34H. The summed E-state index contributed by atoms with van der Waals surface area (Å²) < 4.78 is 4.30. The van der Waals surface area contributed by atoms with Crippen molar-refractivity contribution in [1.29, 1.82) is 0 Å². The number of aromatic nitrogens is 3. The van der Waals surface area contributed by atoms with Crippen molar-refractivity contribution in [2.75, 3.05) is 0 Å². The molecule has 0 unspecified atom stereocenters. The Bertz CT molecular complexity index is 1890.